The first-order chi connectivity index (χ1) is 10.8. The number of aromatic carboxylic acids is 1. The number of benzene rings is 1. The molecule has 6 nitrogen and oxygen atoms in total. The molecule has 23 heavy (non-hydrogen) atoms. The molecular weight excluding hydrogens is 344 g/mol. The third-order valence-electron chi connectivity index (χ3n) is 3.43. The van der Waals surface area contributed by atoms with E-state index in [4.69, 9.17) is 27.9 Å². The lowest BCUT2D eigenvalue weighted by Crippen LogP contribution is -2.45. The molecule has 1 amide bonds. The standard InChI is InChI=1S/C14H14BCl2NO5/c1-6(19)2-3-10(20)18-9-5-7-4-8(16)12(17)11(14(21)22)13(7)23-15-9/h4,9,15H,2-3,5H2,1H3,(H,18,20)(H,21,22). The molecule has 1 aromatic rings. The van der Waals surface area contributed by atoms with Crippen LogP contribution in [0.3, 0.4) is 0 Å². The number of carboxylic acid groups (broad SMARTS) is 1. The van der Waals surface area contributed by atoms with Crippen LogP contribution in [-0.2, 0) is 16.0 Å². The number of carbonyl (C=O) groups is 3. The summed E-state index contributed by atoms with van der Waals surface area (Å²) in [4.78, 5) is 34.0. The van der Waals surface area contributed by atoms with E-state index in [9.17, 15) is 19.5 Å². The Morgan fingerprint density at radius 2 is 2.09 bits per heavy atom. The monoisotopic (exact) mass is 357 g/mol. The highest BCUT2D eigenvalue weighted by Crippen LogP contribution is 2.38. The Bertz CT molecular complexity index is 680. The first-order valence-corrected chi connectivity index (χ1v) is 7.71. The molecule has 1 aliphatic rings. The number of carbonyl (C=O) groups excluding carboxylic acids is 2. The number of carboxylic acids is 1. The predicted molar refractivity (Wildman–Crippen MR) is 86.7 cm³/mol. The summed E-state index contributed by atoms with van der Waals surface area (Å²) in [6, 6.07) is 1.54. The van der Waals surface area contributed by atoms with Crippen molar-refractivity contribution in [2.75, 3.05) is 0 Å². The molecule has 0 fully saturated rings. The number of ketones is 1. The van der Waals surface area contributed by atoms with Crippen LogP contribution in [0.5, 0.6) is 5.75 Å². The number of Topliss-reactive ketones (excluding diaryl/α,β-unsaturated/α-hetero) is 1. The second-order valence-corrected chi connectivity index (χ2v) is 6.11. The number of amides is 1. The smallest absolute Gasteiger partial charge is 0.363 e. The van der Waals surface area contributed by atoms with Gasteiger partial charge in [-0.05, 0) is 25.0 Å². The van der Waals surface area contributed by atoms with E-state index < -0.39 is 5.97 Å². The average Bonchev–Trinajstić information content (AvgIpc) is 2.46. The van der Waals surface area contributed by atoms with E-state index in [1.54, 1.807) is 6.07 Å². The van der Waals surface area contributed by atoms with Gasteiger partial charge in [-0.2, -0.15) is 0 Å². The number of nitrogens with one attached hydrogen (secondary N) is 1. The van der Waals surface area contributed by atoms with Crippen molar-refractivity contribution in [3.63, 3.8) is 0 Å². The van der Waals surface area contributed by atoms with Crippen LogP contribution in [0.2, 0.25) is 10.0 Å². The maximum absolute atomic E-state index is 11.8. The molecule has 9 heteroatoms. The fourth-order valence-electron chi connectivity index (χ4n) is 2.36. The summed E-state index contributed by atoms with van der Waals surface area (Å²) in [7, 11) is 0.122. The van der Waals surface area contributed by atoms with Crippen LogP contribution in [0.15, 0.2) is 6.07 Å². The molecule has 122 valence electrons. The Morgan fingerprint density at radius 3 is 2.70 bits per heavy atom. The van der Waals surface area contributed by atoms with E-state index >= 15 is 0 Å². The predicted octanol–water partition coefficient (Wildman–Crippen LogP) is 1.79. The zero-order chi connectivity index (χ0) is 17.1. The molecule has 1 unspecified atom stereocenters. The van der Waals surface area contributed by atoms with Crippen LogP contribution in [0, 0.1) is 0 Å². The molecule has 1 aliphatic heterocycles. The van der Waals surface area contributed by atoms with E-state index in [0.29, 0.717) is 12.0 Å². The second-order valence-electron chi connectivity index (χ2n) is 5.32. The normalized spacial score (nSPS) is 15.9. The Labute approximate surface area is 143 Å². The number of hydrogen-bond donors (Lipinski definition) is 2. The van der Waals surface area contributed by atoms with Gasteiger partial charge in [0, 0.05) is 18.8 Å². The van der Waals surface area contributed by atoms with Crippen LogP contribution in [0.1, 0.15) is 35.7 Å². The first kappa shape index (κ1) is 17.6. The summed E-state index contributed by atoms with van der Waals surface area (Å²) in [5.74, 6) is -1.67. The van der Waals surface area contributed by atoms with Crippen molar-refractivity contribution in [1.82, 2.24) is 5.32 Å². The van der Waals surface area contributed by atoms with Crippen LogP contribution in [0.4, 0.5) is 0 Å². The van der Waals surface area contributed by atoms with Gasteiger partial charge in [0.25, 0.3) is 0 Å². The summed E-state index contributed by atoms with van der Waals surface area (Å²) < 4.78 is 5.49. The Hall–Kier alpha value is -1.73. The van der Waals surface area contributed by atoms with Gasteiger partial charge >= 0.3 is 13.5 Å². The summed E-state index contributed by atoms with van der Waals surface area (Å²) in [6.45, 7) is 1.42. The summed E-state index contributed by atoms with van der Waals surface area (Å²) in [5, 5.41) is 12.1. The largest absolute Gasteiger partial charge is 0.561 e. The Kier molecular flexibility index (Phi) is 5.54. The number of rotatable bonds is 5. The SMILES string of the molecule is CC(=O)CCC(=O)NC1BOc2c(cc(Cl)c(Cl)c2C(=O)O)C1. The molecule has 1 atom stereocenters. The molecule has 1 aromatic carbocycles. The topological polar surface area (TPSA) is 92.7 Å². The fraction of sp³-hybridized carbons (Fsp3) is 0.357. The first-order valence-electron chi connectivity index (χ1n) is 6.95. The lowest BCUT2D eigenvalue weighted by molar-refractivity contribution is -0.124. The average molecular weight is 358 g/mol. The highest BCUT2D eigenvalue weighted by Gasteiger charge is 2.30. The third kappa shape index (κ3) is 4.17. The lowest BCUT2D eigenvalue weighted by Gasteiger charge is -2.27. The minimum atomic E-state index is -1.22. The van der Waals surface area contributed by atoms with Gasteiger partial charge in [-0.3, -0.25) is 4.79 Å². The van der Waals surface area contributed by atoms with Crippen LogP contribution >= 0.6 is 23.2 Å². The van der Waals surface area contributed by atoms with Crippen molar-refractivity contribution in [3.05, 3.63) is 27.2 Å². The molecule has 0 bridgehead atoms. The van der Waals surface area contributed by atoms with E-state index in [2.05, 4.69) is 5.32 Å². The van der Waals surface area contributed by atoms with Crippen LogP contribution < -0.4 is 9.97 Å². The minimum absolute atomic E-state index is 0.0575. The fourth-order valence-corrected chi connectivity index (χ4v) is 2.81. The highest BCUT2D eigenvalue weighted by molar-refractivity contribution is 6.44. The summed E-state index contributed by atoms with van der Waals surface area (Å²) in [5.41, 5.74) is 0.399. The highest BCUT2D eigenvalue weighted by atomic mass is 35.5. The molecule has 0 aromatic heterocycles. The molecule has 0 saturated heterocycles. The van der Waals surface area contributed by atoms with Gasteiger partial charge in [0.1, 0.15) is 17.1 Å². The number of halogens is 2. The molecule has 2 N–H and O–H groups in total. The van der Waals surface area contributed by atoms with E-state index in [1.807, 2.05) is 0 Å². The number of fused-ring (bicyclic) bond motifs is 1. The summed E-state index contributed by atoms with van der Waals surface area (Å²) >= 11 is 11.9. The number of hydrogen-bond acceptors (Lipinski definition) is 4. The molecule has 1 heterocycles. The minimum Gasteiger partial charge on any atom is -0.561 e. The van der Waals surface area contributed by atoms with Crippen molar-refractivity contribution in [1.29, 1.82) is 0 Å². The maximum Gasteiger partial charge on any atom is 0.363 e. The third-order valence-corrected chi connectivity index (χ3v) is 4.21. The summed E-state index contributed by atoms with van der Waals surface area (Å²) in [6.07, 6.45) is 0.666. The molecule has 0 aliphatic carbocycles. The second kappa shape index (κ2) is 7.23. The Morgan fingerprint density at radius 1 is 1.39 bits per heavy atom. The molecule has 0 spiro atoms. The van der Waals surface area contributed by atoms with Gasteiger partial charge < -0.3 is 19.9 Å². The van der Waals surface area contributed by atoms with Gasteiger partial charge in [0.15, 0.2) is 0 Å². The molecule has 0 radical (unpaired) electrons. The van der Waals surface area contributed by atoms with Crippen molar-refractivity contribution in [2.24, 2.45) is 0 Å². The molecular formula is C14H14BCl2NO5. The van der Waals surface area contributed by atoms with Gasteiger partial charge in [-0.15, -0.1) is 0 Å². The van der Waals surface area contributed by atoms with Gasteiger partial charge in [0.05, 0.1) is 10.0 Å². The van der Waals surface area contributed by atoms with Gasteiger partial charge in [-0.25, -0.2) is 4.79 Å². The molecule has 0 saturated carbocycles. The van der Waals surface area contributed by atoms with Crippen molar-refractivity contribution in [3.8, 4) is 5.75 Å². The lowest BCUT2D eigenvalue weighted by atomic mass is 9.79. The van der Waals surface area contributed by atoms with Crippen molar-refractivity contribution < 1.29 is 24.1 Å². The quantitative estimate of drug-likeness (QED) is 0.783. The van der Waals surface area contributed by atoms with Crippen LogP contribution in [-0.4, -0.2) is 36.2 Å². The van der Waals surface area contributed by atoms with Crippen molar-refractivity contribution in [2.45, 2.75) is 32.1 Å². The maximum atomic E-state index is 11.8. The zero-order valence-electron chi connectivity index (χ0n) is 12.3. The Balaban J connectivity index is 2.14. The van der Waals surface area contributed by atoms with E-state index in [1.165, 1.54) is 6.92 Å². The van der Waals surface area contributed by atoms with Crippen LogP contribution in [0.25, 0.3) is 0 Å². The van der Waals surface area contributed by atoms with Crippen molar-refractivity contribution >= 4 is 48.3 Å². The molecule has 2 rings (SSSR count). The van der Waals surface area contributed by atoms with Gasteiger partial charge in [0.2, 0.25) is 5.91 Å². The van der Waals surface area contributed by atoms with E-state index in [0.717, 1.165) is 0 Å². The zero-order valence-corrected chi connectivity index (χ0v) is 13.8. The van der Waals surface area contributed by atoms with E-state index in [-0.39, 0.29) is 59.3 Å². The van der Waals surface area contributed by atoms with Gasteiger partial charge in [-0.1, -0.05) is 23.2 Å².